The minimum Gasteiger partial charge on any atom is -0.455 e. The number of benzene rings is 3. The maximum Gasteiger partial charge on any atom is 0.238 e. The molecule has 30 heavy (non-hydrogen) atoms. The molecule has 8 heteroatoms. The summed E-state index contributed by atoms with van der Waals surface area (Å²) in [5, 5.41) is 6.17. The molecule has 0 aliphatic heterocycles. The normalized spacial score (nSPS) is 11.7. The summed E-state index contributed by atoms with van der Waals surface area (Å²) in [6, 6.07) is 18.3. The summed E-state index contributed by atoms with van der Waals surface area (Å²) in [4.78, 5) is 14.3. The van der Waals surface area contributed by atoms with Crippen LogP contribution in [0.1, 0.15) is 0 Å². The van der Waals surface area contributed by atoms with Crippen LogP contribution in [0.3, 0.4) is 0 Å². The van der Waals surface area contributed by atoms with Gasteiger partial charge in [0.15, 0.2) is 0 Å². The Balaban J connectivity index is 2.02. The van der Waals surface area contributed by atoms with Gasteiger partial charge >= 0.3 is 0 Å². The molecule has 4 aromatic rings. The molecule has 0 fully saturated rings. The third-order valence-corrected chi connectivity index (χ3v) is 6.83. The van der Waals surface area contributed by atoms with Gasteiger partial charge in [-0.05, 0) is 60.4 Å². The number of sulfonamides is 1. The first kappa shape index (κ1) is 20.7. The van der Waals surface area contributed by atoms with E-state index in [2.05, 4.69) is 0 Å². The van der Waals surface area contributed by atoms with E-state index in [9.17, 15) is 13.2 Å². The quantitative estimate of drug-likeness (QED) is 0.428. The number of primary sulfonamides is 1. The zero-order valence-electron chi connectivity index (χ0n) is 15.8. The summed E-state index contributed by atoms with van der Waals surface area (Å²) >= 11 is 7.89. The second-order valence-corrected chi connectivity index (χ2v) is 9.37. The third kappa shape index (κ3) is 3.77. The molecule has 2 N–H and O–H groups in total. The van der Waals surface area contributed by atoms with Crippen molar-refractivity contribution in [1.29, 1.82) is 0 Å². The lowest BCUT2D eigenvalue weighted by Crippen LogP contribution is -2.12. The van der Waals surface area contributed by atoms with Crippen LogP contribution < -0.4 is 10.6 Å². The molecule has 1 aromatic heterocycles. The average molecular weight is 458 g/mol. The topological polar surface area (TPSA) is 90.4 Å². The van der Waals surface area contributed by atoms with Gasteiger partial charge in [-0.2, -0.15) is 0 Å². The summed E-state index contributed by atoms with van der Waals surface area (Å²) in [6.07, 6.45) is 1.92. The lowest BCUT2D eigenvalue weighted by molar-refractivity contribution is 0.597. The summed E-state index contributed by atoms with van der Waals surface area (Å²) < 4.78 is 29.3. The highest BCUT2D eigenvalue weighted by Gasteiger charge is 2.19. The van der Waals surface area contributed by atoms with Gasteiger partial charge in [0.25, 0.3) is 0 Å². The number of para-hydroxylation sites is 1. The molecule has 3 aromatic carbocycles. The zero-order valence-corrected chi connectivity index (χ0v) is 18.1. The maximum atomic E-state index is 13.4. The van der Waals surface area contributed by atoms with Gasteiger partial charge in [0.1, 0.15) is 11.3 Å². The molecule has 0 aliphatic carbocycles. The highest BCUT2D eigenvalue weighted by molar-refractivity contribution is 7.98. The van der Waals surface area contributed by atoms with Crippen LogP contribution in [-0.2, 0) is 10.0 Å². The number of rotatable bonds is 4. The molecular formula is C22H16ClNO4S2. The summed E-state index contributed by atoms with van der Waals surface area (Å²) in [5.41, 5.74) is 1.75. The van der Waals surface area contributed by atoms with Crippen LogP contribution in [0.15, 0.2) is 85.7 Å². The number of halogens is 1. The molecule has 0 amide bonds. The fraction of sp³-hybridized carbons (Fsp3) is 0.0455. The van der Waals surface area contributed by atoms with Crippen molar-refractivity contribution in [3.63, 3.8) is 0 Å². The van der Waals surface area contributed by atoms with E-state index in [4.69, 9.17) is 21.2 Å². The molecular weight excluding hydrogens is 442 g/mol. The molecule has 0 saturated carbocycles. The van der Waals surface area contributed by atoms with E-state index < -0.39 is 10.0 Å². The Labute approximate surface area is 182 Å². The highest BCUT2D eigenvalue weighted by Crippen LogP contribution is 2.36. The number of nitrogens with two attached hydrogens (primary N) is 1. The van der Waals surface area contributed by atoms with Crippen LogP contribution >= 0.6 is 23.4 Å². The summed E-state index contributed by atoms with van der Waals surface area (Å²) in [6.45, 7) is 0. The Morgan fingerprint density at radius 2 is 1.63 bits per heavy atom. The zero-order chi connectivity index (χ0) is 21.5. The summed E-state index contributed by atoms with van der Waals surface area (Å²) in [5.74, 6) is 0.327. The van der Waals surface area contributed by atoms with E-state index >= 15 is 0 Å². The first-order valence-corrected chi connectivity index (χ1v) is 12.0. The van der Waals surface area contributed by atoms with E-state index in [-0.39, 0.29) is 10.3 Å². The highest BCUT2D eigenvalue weighted by atomic mass is 35.5. The third-order valence-electron chi connectivity index (χ3n) is 4.68. The molecule has 0 saturated heterocycles. The molecule has 0 aliphatic rings. The second kappa shape index (κ2) is 7.92. The van der Waals surface area contributed by atoms with E-state index in [1.807, 2.05) is 18.4 Å². The Bertz CT molecular complexity index is 1430. The van der Waals surface area contributed by atoms with E-state index in [1.54, 1.807) is 42.5 Å². The van der Waals surface area contributed by atoms with Gasteiger partial charge in [-0.3, -0.25) is 4.79 Å². The second-order valence-electron chi connectivity index (χ2n) is 6.55. The first-order chi connectivity index (χ1) is 14.3. The monoisotopic (exact) mass is 457 g/mol. The van der Waals surface area contributed by atoms with Crippen molar-refractivity contribution in [2.24, 2.45) is 5.14 Å². The number of hydrogen-bond acceptors (Lipinski definition) is 5. The predicted octanol–water partition coefficient (Wildman–Crippen LogP) is 5.15. The molecule has 1 heterocycles. The maximum absolute atomic E-state index is 13.4. The van der Waals surface area contributed by atoms with Gasteiger partial charge in [-0.15, -0.1) is 11.8 Å². The number of fused-ring (bicyclic) bond motifs is 1. The first-order valence-electron chi connectivity index (χ1n) is 8.82. The Kier molecular flexibility index (Phi) is 5.46. The van der Waals surface area contributed by atoms with E-state index in [1.165, 1.54) is 23.9 Å². The van der Waals surface area contributed by atoms with Gasteiger partial charge in [-0.25, -0.2) is 13.6 Å². The molecule has 0 atom stereocenters. The average Bonchev–Trinajstić information content (AvgIpc) is 2.73. The van der Waals surface area contributed by atoms with Gasteiger partial charge < -0.3 is 4.42 Å². The molecule has 0 unspecified atom stereocenters. The molecule has 5 nitrogen and oxygen atoms in total. The Morgan fingerprint density at radius 3 is 2.27 bits per heavy atom. The fourth-order valence-corrected chi connectivity index (χ4v) is 4.61. The minimum atomic E-state index is -3.83. The smallest absolute Gasteiger partial charge is 0.238 e. The minimum absolute atomic E-state index is 0.0247. The van der Waals surface area contributed by atoms with Crippen LogP contribution in [-0.4, -0.2) is 14.7 Å². The van der Waals surface area contributed by atoms with Crippen LogP contribution in [0.4, 0.5) is 0 Å². The predicted molar refractivity (Wildman–Crippen MR) is 122 cm³/mol. The number of hydrogen-bond donors (Lipinski definition) is 1. The van der Waals surface area contributed by atoms with Crippen LogP contribution in [0.2, 0.25) is 5.02 Å². The van der Waals surface area contributed by atoms with Gasteiger partial charge in [0, 0.05) is 10.5 Å². The Morgan fingerprint density at radius 1 is 0.967 bits per heavy atom. The van der Waals surface area contributed by atoms with Gasteiger partial charge in [0.05, 0.1) is 20.9 Å². The summed E-state index contributed by atoms with van der Waals surface area (Å²) in [7, 11) is -3.83. The van der Waals surface area contributed by atoms with Crippen LogP contribution in [0, 0.1) is 0 Å². The van der Waals surface area contributed by atoms with Crippen molar-refractivity contribution in [1.82, 2.24) is 0 Å². The molecule has 0 radical (unpaired) electrons. The fourth-order valence-electron chi connectivity index (χ4n) is 3.23. The standard InChI is InChI=1S/C22H16ClNO4S2/c1-29-19-11-8-14(12-17(19)23)20-21(25)16-4-2-3-5-18(16)28-22(20)13-6-9-15(10-7-13)30(24,26)27/h2-12H,1H3,(H2,24,26,27). The van der Waals surface area contributed by atoms with Gasteiger partial charge in [0.2, 0.25) is 15.5 Å². The van der Waals surface area contributed by atoms with Crippen molar-refractivity contribution in [3.8, 4) is 22.5 Å². The van der Waals surface area contributed by atoms with Crippen LogP contribution in [0.5, 0.6) is 0 Å². The van der Waals surface area contributed by atoms with Crippen molar-refractivity contribution in [2.75, 3.05) is 6.26 Å². The SMILES string of the molecule is CSc1ccc(-c2c(-c3ccc(S(N)(=O)=O)cc3)oc3ccccc3c2=O)cc1Cl. The van der Waals surface area contributed by atoms with E-state index in [0.29, 0.717) is 38.4 Å². The lowest BCUT2D eigenvalue weighted by Gasteiger charge is -2.12. The number of thioether (sulfide) groups is 1. The van der Waals surface area contributed by atoms with Crippen molar-refractivity contribution in [3.05, 3.63) is 82.0 Å². The molecule has 4 rings (SSSR count). The molecule has 152 valence electrons. The van der Waals surface area contributed by atoms with Gasteiger partial charge in [-0.1, -0.05) is 29.8 Å². The molecule has 0 bridgehead atoms. The van der Waals surface area contributed by atoms with Crippen molar-refractivity contribution < 1.29 is 12.8 Å². The Hall–Kier alpha value is -2.58. The van der Waals surface area contributed by atoms with Crippen LogP contribution in [0.25, 0.3) is 33.4 Å². The van der Waals surface area contributed by atoms with Crippen molar-refractivity contribution >= 4 is 44.4 Å². The largest absolute Gasteiger partial charge is 0.455 e. The lowest BCUT2D eigenvalue weighted by atomic mass is 9.98. The van der Waals surface area contributed by atoms with E-state index in [0.717, 1.165) is 4.90 Å². The van der Waals surface area contributed by atoms with Crippen molar-refractivity contribution in [2.45, 2.75) is 9.79 Å². The molecule has 0 spiro atoms.